The number of furan rings is 1. The number of aromatic nitrogens is 2. The van der Waals surface area contributed by atoms with E-state index in [9.17, 15) is 0 Å². The zero-order valence-electron chi connectivity index (χ0n) is 32.9. The van der Waals surface area contributed by atoms with Crippen LogP contribution in [-0.2, 0) is 0 Å². The second-order valence-electron chi connectivity index (χ2n) is 16.4. The van der Waals surface area contributed by atoms with E-state index in [1.807, 2.05) is 0 Å². The molecule has 14 aromatic rings. The number of benzene rings is 11. The Balaban J connectivity index is 0.914. The lowest BCUT2D eigenvalue weighted by Crippen LogP contribution is -1.96. The zero-order valence-corrected chi connectivity index (χ0v) is 32.9. The van der Waals surface area contributed by atoms with Gasteiger partial charge in [-0.05, 0) is 122 Å². The molecule has 3 heteroatoms. The highest BCUT2D eigenvalue weighted by molar-refractivity contribution is 6.35. The maximum atomic E-state index is 6.80. The molecule has 11 aromatic carbocycles. The van der Waals surface area contributed by atoms with E-state index < -0.39 is 0 Å². The van der Waals surface area contributed by atoms with Gasteiger partial charge in [-0.1, -0.05) is 127 Å². The van der Waals surface area contributed by atoms with Crippen LogP contribution in [0, 0.1) is 0 Å². The number of fused-ring (bicyclic) bond motifs is 18. The molecule has 0 radical (unpaired) electrons. The number of para-hydroxylation sites is 3. The minimum absolute atomic E-state index is 0.917. The Morgan fingerprint density at radius 3 is 1.48 bits per heavy atom. The normalized spacial score (nSPS) is 12.3. The van der Waals surface area contributed by atoms with Gasteiger partial charge < -0.3 is 13.6 Å². The summed E-state index contributed by atoms with van der Waals surface area (Å²) < 4.78 is 11.6. The SMILES string of the molecule is c1cc(-c2ccc3c(ccc4c3oc3ccc5c6ccccc6c6ccccc6c5c34)c2)cc(-n2c3ccccc3c3cc(-n4c5ccccc5c5ccccc54)ccc32)c1. The Bertz CT molecular complexity index is 4090. The van der Waals surface area contributed by atoms with Crippen molar-refractivity contribution in [2.24, 2.45) is 0 Å². The first kappa shape index (κ1) is 32.8. The van der Waals surface area contributed by atoms with E-state index in [1.165, 1.54) is 92.4 Å². The van der Waals surface area contributed by atoms with Crippen molar-refractivity contribution in [2.45, 2.75) is 0 Å². The third kappa shape index (κ3) is 4.52. The first-order valence-corrected chi connectivity index (χ1v) is 21.0. The average molecular weight is 775 g/mol. The quantitative estimate of drug-likeness (QED) is 0.164. The Hall–Kier alpha value is -8.14. The van der Waals surface area contributed by atoms with E-state index in [1.54, 1.807) is 0 Å². The van der Waals surface area contributed by atoms with Crippen LogP contribution in [0.3, 0.4) is 0 Å². The molecular weight excluding hydrogens is 741 g/mol. The second kappa shape index (κ2) is 12.2. The number of hydrogen-bond donors (Lipinski definition) is 0. The van der Waals surface area contributed by atoms with E-state index in [2.05, 4.69) is 215 Å². The number of hydrogen-bond acceptors (Lipinski definition) is 1. The standard InChI is InChI=1S/C58H34N2O/c1-2-16-43-41(14-1)42-15-3-4-20-47(42)56-48(43)29-31-55-57(56)49-28-25-37-32-36(24-27-40(37)58(49)61-55)35-12-11-13-38(33-35)59-53-23-10-7-19-46(53)50-34-39(26-30-54(50)59)60-51-21-8-5-17-44(51)45-18-6-9-22-52(45)60/h1-34H. The van der Waals surface area contributed by atoms with Crippen LogP contribution in [0.25, 0.3) is 131 Å². The molecule has 0 saturated heterocycles. The summed E-state index contributed by atoms with van der Waals surface area (Å²) in [6.45, 7) is 0. The van der Waals surface area contributed by atoms with Crippen molar-refractivity contribution >= 4 is 109 Å². The molecule has 3 heterocycles. The van der Waals surface area contributed by atoms with Crippen molar-refractivity contribution in [2.75, 3.05) is 0 Å². The predicted molar refractivity (Wildman–Crippen MR) is 258 cm³/mol. The Morgan fingerprint density at radius 2 is 0.787 bits per heavy atom. The molecule has 0 fully saturated rings. The van der Waals surface area contributed by atoms with Crippen LogP contribution >= 0.6 is 0 Å². The fourth-order valence-electron chi connectivity index (χ4n) is 10.6. The Morgan fingerprint density at radius 1 is 0.279 bits per heavy atom. The van der Waals surface area contributed by atoms with E-state index in [-0.39, 0.29) is 0 Å². The van der Waals surface area contributed by atoms with Gasteiger partial charge in [0.1, 0.15) is 11.2 Å². The fraction of sp³-hybridized carbons (Fsp3) is 0. The van der Waals surface area contributed by atoms with Crippen LogP contribution in [0.4, 0.5) is 0 Å². The lowest BCUT2D eigenvalue weighted by atomic mass is 9.91. The predicted octanol–water partition coefficient (Wildman–Crippen LogP) is 16.1. The van der Waals surface area contributed by atoms with Crippen molar-refractivity contribution in [3.05, 3.63) is 206 Å². The van der Waals surface area contributed by atoms with E-state index in [4.69, 9.17) is 4.42 Å². The Labute approximate surface area is 349 Å². The number of nitrogens with zero attached hydrogens (tertiary/aromatic N) is 2. The van der Waals surface area contributed by atoms with Crippen molar-refractivity contribution < 1.29 is 4.42 Å². The summed E-state index contributed by atoms with van der Waals surface area (Å²) in [7, 11) is 0. The van der Waals surface area contributed by atoms with Crippen molar-refractivity contribution in [3.8, 4) is 22.5 Å². The summed E-state index contributed by atoms with van der Waals surface area (Å²) in [5.74, 6) is 0. The van der Waals surface area contributed by atoms with Crippen LogP contribution in [-0.4, -0.2) is 9.13 Å². The lowest BCUT2D eigenvalue weighted by molar-refractivity contribution is 0.673. The minimum atomic E-state index is 0.917. The van der Waals surface area contributed by atoms with E-state index in [0.29, 0.717) is 0 Å². The Kier molecular flexibility index (Phi) is 6.56. The van der Waals surface area contributed by atoms with Crippen molar-refractivity contribution in [3.63, 3.8) is 0 Å². The molecule has 0 aliphatic heterocycles. The summed E-state index contributed by atoms with van der Waals surface area (Å²) in [4.78, 5) is 0. The van der Waals surface area contributed by atoms with Crippen LogP contribution in [0.1, 0.15) is 0 Å². The highest BCUT2D eigenvalue weighted by Gasteiger charge is 2.19. The third-order valence-corrected chi connectivity index (χ3v) is 13.3. The zero-order chi connectivity index (χ0) is 39.8. The maximum Gasteiger partial charge on any atom is 0.143 e. The smallest absolute Gasteiger partial charge is 0.143 e. The van der Waals surface area contributed by atoms with Gasteiger partial charge in [-0.15, -0.1) is 0 Å². The van der Waals surface area contributed by atoms with Gasteiger partial charge in [0.05, 0.1) is 22.1 Å². The molecule has 3 nitrogen and oxygen atoms in total. The molecule has 61 heavy (non-hydrogen) atoms. The van der Waals surface area contributed by atoms with E-state index >= 15 is 0 Å². The number of rotatable bonds is 3. The molecule has 0 N–H and O–H groups in total. The van der Waals surface area contributed by atoms with Crippen LogP contribution in [0.15, 0.2) is 211 Å². The summed E-state index contributed by atoms with van der Waals surface area (Å²) in [6.07, 6.45) is 0. The molecule has 0 spiro atoms. The minimum Gasteiger partial charge on any atom is -0.455 e. The summed E-state index contributed by atoms with van der Waals surface area (Å²) >= 11 is 0. The summed E-state index contributed by atoms with van der Waals surface area (Å²) in [5, 5.41) is 17.2. The molecule has 282 valence electrons. The van der Waals surface area contributed by atoms with Crippen LogP contribution in [0.5, 0.6) is 0 Å². The monoisotopic (exact) mass is 774 g/mol. The summed E-state index contributed by atoms with van der Waals surface area (Å²) in [5.41, 5.74) is 11.3. The van der Waals surface area contributed by atoms with E-state index in [0.717, 1.165) is 38.7 Å². The van der Waals surface area contributed by atoms with Gasteiger partial charge in [0.25, 0.3) is 0 Å². The highest BCUT2D eigenvalue weighted by atomic mass is 16.3. The lowest BCUT2D eigenvalue weighted by Gasteiger charge is -2.12. The van der Waals surface area contributed by atoms with Crippen LogP contribution in [0.2, 0.25) is 0 Å². The molecular formula is C58H34N2O. The first-order valence-electron chi connectivity index (χ1n) is 21.0. The molecule has 0 atom stereocenters. The molecule has 14 rings (SSSR count). The average Bonchev–Trinajstić information content (AvgIpc) is 3.99. The van der Waals surface area contributed by atoms with Gasteiger partial charge in [-0.3, -0.25) is 0 Å². The summed E-state index contributed by atoms with van der Waals surface area (Å²) in [6, 6.07) is 75.4. The third-order valence-electron chi connectivity index (χ3n) is 13.3. The molecule has 0 bridgehead atoms. The van der Waals surface area contributed by atoms with Gasteiger partial charge in [0, 0.05) is 54.5 Å². The molecule has 0 aliphatic carbocycles. The van der Waals surface area contributed by atoms with Gasteiger partial charge in [0.2, 0.25) is 0 Å². The van der Waals surface area contributed by atoms with Crippen molar-refractivity contribution in [1.82, 2.24) is 9.13 Å². The second-order valence-corrected chi connectivity index (χ2v) is 16.4. The molecule has 0 amide bonds. The first-order chi connectivity index (χ1) is 30.3. The molecule has 0 saturated carbocycles. The van der Waals surface area contributed by atoms with Crippen LogP contribution < -0.4 is 0 Å². The fourth-order valence-corrected chi connectivity index (χ4v) is 10.6. The molecule has 3 aromatic heterocycles. The highest BCUT2D eigenvalue weighted by Crippen LogP contribution is 2.44. The maximum absolute atomic E-state index is 6.80. The molecule has 0 unspecified atom stereocenters. The molecule has 0 aliphatic rings. The van der Waals surface area contributed by atoms with Crippen molar-refractivity contribution in [1.29, 1.82) is 0 Å². The topological polar surface area (TPSA) is 23.0 Å². The largest absolute Gasteiger partial charge is 0.455 e. The van der Waals surface area contributed by atoms with Gasteiger partial charge in [-0.2, -0.15) is 0 Å². The van der Waals surface area contributed by atoms with Gasteiger partial charge in [0.15, 0.2) is 0 Å². The van der Waals surface area contributed by atoms with Gasteiger partial charge >= 0.3 is 0 Å². The van der Waals surface area contributed by atoms with Gasteiger partial charge in [-0.25, -0.2) is 0 Å².